The van der Waals surface area contributed by atoms with E-state index in [1.54, 1.807) is 0 Å². The number of rotatable bonds is 4. The fourth-order valence-corrected chi connectivity index (χ4v) is 0.339. The fraction of sp³-hybridized carbons (Fsp3) is 0. The van der Waals surface area contributed by atoms with Gasteiger partial charge in [0.25, 0.3) is 11.8 Å². The smallest absolute Gasteiger partial charge is 0.259 e. The molecule has 8 N–H and O–H groups in total. The number of hydrogen-bond acceptors (Lipinski definition) is 6. The first-order valence-corrected chi connectivity index (χ1v) is 2.90. The standard InChI is InChI=1S/C4H10N6O2/c5-7-3(11)1-2-4(12)8-10-9-6/h1-2,9-10H,5-6H2,(H,7,11)(H,8,12)/b2-1-. The topological polar surface area (TPSA) is 134 Å². The second kappa shape index (κ2) is 6.24. The zero-order valence-corrected chi connectivity index (χ0v) is 6.13. The van der Waals surface area contributed by atoms with E-state index < -0.39 is 11.8 Å². The largest absolute Gasteiger partial charge is 0.291 e. The molecule has 0 rings (SSSR count). The van der Waals surface area contributed by atoms with Gasteiger partial charge in [0.2, 0.25) is 0 Å². The molecule has 0 saturated carbocycles. The summed E-state index contributed by atoms with van der Waals surface area (Å²) < 4.78 is 0. The molecule has 0 fully saturated rings. The Morgan fingerprint density at radius 2 is 1.67 bits per heavy atom. The van der Waals surface area contributed by atoms with Crippen molar-refractivity contribution in [2.24, 2.45) is 11.7 Å². The van der Waals surface area contributed by atoms with Crippen molar-refractivity contribution in [2.75, 3.05) is 0 Å². The predicted molar refractivity (Wildman–Crippen MR) is 40.1 cm³/mol. The quantitative estimate of drug-likeness (QED) is 0.113. The number of carbonyl (C=O) groups is 2. The van der Waals surface area contributed by atoms with Gasteiger partial charge in [0, 0.05) is 12.2 Å². The predicted octanol–water partition coefficient (Wildman–Crippen LogP) is -3.47. The van der Waals surface area contributed by atoms with E-state index in [2.05, 4.69) is 11.0 Å². The Labute approximate surface area is 68.2 Å². The van der Waals surface area contributed by atoms with Gasteiger partial charge >= 0.3 is 0 Å². The summed E-state index contributed by atoms with van der Waals surface area (Å²) in [5, 5.41) is 0. The molecule has 0 aliphatic rings. The van der Waals surface area contributed by atoms with Crippen molar-refractivity contribution < 1.29 is 9.59 Å². The van der Waals surface area contributed by atoms with E-state index in [0.717, 1.165) is 12.2 Å². The van der Waals surface area contributed by atoms with Gasteiger partial charge in [0.1, 0.15) is 0 Å². The first kappa shape index (κ1) is 10.5. The molecule has 68 valence electrons. The van der Waals surface area contributed by atoms with E-state index in [4.69, 9.17) is 11.7 Å². The summed E-state index contributed by atoms with van der Waals surface area (Å²) in [7, 11) is 0. The maximum absolute atomic E-state index is 10.6. The van der Waals surface area contributed by atoms with Crippen LogP contribution in [-0.4, -0.2) is 11.8 Å². The van der Waals surface area contributed by atoms with Crippen molar-refractivity contribution in [1.29, 1.82) is 0 Å². The Morgan fingerprint density at radius 1 is 1.08 bits per heavy atom. The van der Waals surface area contributed by atoms with E-state index in [1.165, 1.54) is 0 Å². The second-order valence-corrected chi connectivity index (χ2v) is 1.60. The monoisotopic (exact) mass is 174 g/mol. The van der Waals surface area contributed by atoms with Gasteiger partial charge in [-0.15, -0.1) is 0 Å². The molecule has 0 spiro atoms. The molecule has 0 aromatic carbocycles. The highest BCUT2D eigenvalue weighted by Gasteiger charge is 1.93. The molecule has 12 heavy (non-hydrogen) atoms. The molecule has 0 heterocycles. The average Bonchev–Trinajstić information content (AvgIpc) is 2.10. The van der Waals surface area contributed by atoms with Gasteiger partial charge in [0.05, 0.1) is 0 Å². The van der Waals surface area contributed by atoms with Gasteiger partial charge in [-0.05, 0) is 0 Å². The number of amides is 2. The SMILES string of the molecule is NNNNC(=O)/C=C\C(=O)NN. The normalized spacial score (nSPS) is 9.83. The molecule has 0 radical (unpaired) electrons. The average molecular weight is 174 g/mol. The van der Waals surface area contributed by atoms with Crippen LogP contribution in [0.25, 0.3) is 0 Å². The second-order valence-electron chi connectivity index (χ2n) is 1.60. The molecule has 0 bridgehead atoms. The third kappa shape index (κ3) is 5.32. The minimum atomic E-state index is -0.578. The van der Waals surface area contributed by atoms with E-state index in [1.807, 2.05) is 11.0 Å². The van der Waals surface area contributed by atoms with E-state index in [0.29, 0.717) is 0 Å². The van der Waals surface area contributed by atoms with Gasteiger partial charge in [-0.3, -0.25) is 26.3 Å². The molecule has 0 aliphatic heterocycles. The van der Waals surface area contributed by atoms with Gasteiger partial charge in [0.15, 0.2) is 0 Å². The fourth-order valence-electron chi connectivity index (χ4n) is 0.339. The Balaban J connectivity index is 3.67. The number of nitrogens with two attached hydrogens (primary N) is 2. The van der Waals surface area contributed by atoms with Crippen LogP contribution >= 0.6 is 0 Å². The molecule has 2 amide bonds. The highest BCUT2D eigenvalue weighted by molar-refractivity contribution is 5.96. The lowest BCUT2D eigenvalue weighted by molar-refractivity contribution is -0.119. The lowest BCUT2D eigenvalue weighted by Crippen LogP contribution is -2.49. The van der Waals surface area contributed by atoms with E-state index in [9.17, 15) is 9.59 Å². The third-order valence-electron chi connectivity index (χ3n) is 0.786. The Hall–Kier alpha value is -1.48. The van der Waals surface area contributed by atoms with Crippen LogP contribution in [0.1, 0.15) is 0 Å². The summed E-state index contributed by atoms with van der Waals surface area (Å²) in [5.41, 5.74) is 7.95. The van der Waals surface area contributed by atoms with Crippen LogP contribution in [0.2, 0.25) is 0 Å². The lowest BCUT2D eigenvalue weighted by atomic mass is 10.4. The van der Waals surface area contributed by atoms with Crippen LogP contribution in [0.4, 0.5) is 0 Å². The molecule has 0 aliphatic carbocycles. The summed E-state index contributed by atoms with van der Waals surface area (Å²) in [6, 6.07) is 0. The van der Waals surface area contributed by atoms with Gasteiger partial charge in [-0.2, -0.15) is 11.1 Å². The first-order valence-electron chi connectivity index (χ1n) is 2.90. The molecule has 0 saturated heterocycles. The van der Waals surface area contributed by atoms with Crippen molar-refractivity contribution in [3.05, 3.63) is 12.2 Å². The van der Waals surface area contributed by atoms with Crippen LogP contribution in [0, 0.1) is 0 Å². The molecule has 0 unspecified atom stereocenters. The summed E-state index contributed by atoms with van der Waals surface area (Å²) in [4.78, 5) is 21.1. The number of hydrogen-bond donors (Lipinski definition) is 6. The van der Waals surface area contributed by atoms with E-state index >= 15 is 0 Å². The molecule has 8 nitrogen and oxygen atoms in total. The van der Waals surface area contributed by atoms with Crippen molar-refractivity contribution in [3.63, 3.8) is 0 Å². The van der Waals surface area contributed by atoms with Crippen LogP contribution in [0.3, 0.4) is 0 Å². The van der Waals surface area contributed by atoms with Crippen LogP contribution in [-0.2, 0) is 9.59 Å². The summed E-state index contributed by atoms with van der Waals surface area (Å²) >= 11 is 0. The molecule has 0 aromatic heterocycles. The zero-order chi connectivity index (χ0) is 9.40. The highest BCUT2D eigenvalue weighted by Crippen LogP contribution is 1.70. The minimum Gasteiger partial charge on any atom is -0.291 e. The molecular formula is C4H10N6O2. The minimum absolute atomic E-state index is 0.545. The van der Waals surface area contributed by atoms with Crippen LogP contribution in [0.5, 0.6) is 0 Å². The molecule has 8 heteroatoms. The van der Waals surface area contributed by atoms with Crippen molar-refractivity contribution in [2.45, 2.75) is 0 Å². The summed E-state index contributed by atoms with van der Waals surface area (Å²) in [6.45, 7) is 0. The molecule has 0 aromatic rings. The highest BCUT2D eigenvalue weighted by atomic mass is 16.2. The Kier molecular flexibility index (Phi) is 5.47. The Bertz CT molecular complexity index is 190. The van der Waals surface area contributed by atoms with E-state index in [-0.39, 0.29) is 0 Å². The van der Waals surface area contributed by atoms with Gasteiger partial charge in [-0.1, -0.05) is 0 Å². The Morgan fingerprint density at radius 3 is 2.17 bits per heavy atom. The number of carbonyl (C=O) groups excluding carboxylic acids is 2. The first-order chi connectivity index (χ1) is 5.70. The van der Waals surface area contributed by atoms with Crippen molar-refractivity contribution >= 4 is 11.8 Å². The molecular weight excluding hydrogens is 164 g/mol. The van der Waals surface area contributed by atoms with Gasteiger partial charge in [-0.25, -0.2) is 5.84 Å². The maximum atomic E-state index is 10.6. The number of hydrazine groups is 4. The zero-order valence-electron chi connectivity index (χ0n) is 6.13. The third-order valence-corrected chi connectivity index (χ3v) is 0.786. The maximum Gasteiger partial charge on any atom is 0.259 e. The lowest BCUT2D eigenvalue weighted by Gasteiger charge is -2.00. The summed E-state index contributed by atoms with van der Waals surface area (Å²) in [6.07, 6.45) is 1.94. The number of nitrogens with one attached hydrogen (secondary N) is 4. The van der Waals surface area contributed by atoms with Crippen molar-refractivity contribution in [1.82, 2.24) is 21.9 Å². The van der Waals surface area contributed by atoms with Crippen LogP contribution in [0.15, 0.2) is 12.2 Å². The van der Waals surface area contributed by atoms with Crippen molar-refractivity contribution in [3.8, 4) is 0 Å². The van der Waals surface area contributed by atoms with Crippen LogP contribution < -0.4 is 33.6 Å². The van der Waals surface area contributed by atoms with Gasteiger partial charge < -0.3 is 0 Å². The molecule has 0 atom stereocenters. The summed E-state index contributed by atoms with van der Waals surface area (Å²) in [5.74, 6) is 8.36.